The molecule has 2 rings (SSSR count). The van der Waals surface area contributed by atoms with Crippen molar-refractivity contribution in [3.8, 4) is 0 Å². The summed E-state index contributed by atoms with van der Waals surface area (Å²) in [6, 6.07) is 9.64. The van der Waals surface area contributed by atoms with Crippen molar-refractivity contribution in [2.45, 2.75) is 0 Å². The van der Waals surface area contributed by atoms with Crippen molar-refractivity contribution in [3.05, 3.63) is 43.0 Å². The third-order valence-corrected chi connectivity index (χ3v) is 3.11. The van der Waals surface area contributed by atoms with Gasteiger partial charge in [-0.3, -0.25) is 9.69 Å². The second kappa shape index (κ2) is 4.99. The molecule has 0 atom stereocenters. The van der Waals surface area contributed by atoms with E-state index < -0.39 is 0 Å². The van der Waals surface area contributed by atoms with E-state index in [2.05, 4.69) is 11.6 Å². The summed E-state index contributed by atoms with van der Waals surface area (Å²) in [5.41, 5.74) is 0.869. The summed E-state index contributed by atoms with van der Waals surface area (Å²) in [7, 11) is 0. The second-order valence-corrected chi connectivity index (χ2v) is 4.25. The van der Waals surface area contributed by atoms with Crippen LogP contribution >= 0.6 is 11.8 Å². The van der Waals surface area contributed by atoms with Crippen molar-refractivity contribution in [2.75, 3.05) is 12.3 Å². The van der Waals surface area contributed by atoms with Crippen molar-refractivity contribution in [1.82, 2.24) is 4.90 Å². The van der Waals surface area contributed by atoms with Gasteiger partial charge in [0, 0.05) is 6.54 Å². The first-order chi connectivity index (χ1) is 7.81. The summed E-state index contributed by atoms with van der Waals surface area (Å²) >= 11 is 1.47. The van der Waals surface area contributed by atoms with Crippen molar-refractivity contribution in [1.29, 1.82) is 0 Å². The van der Waals surface area contributed by atoms with Crippen LogP contribution in [-0.2, 0) is 4.79 Å². The summed E-state index contributed by atoms with van der Waals surface area (Å²) in [5, 5.41) is 0.760. The number of amides is 1. The molecule has 3 nitrogen and oxygen atoms in total. The van der Waals surface area contributed by atoms with Gasteiger partial charge in [0.25, 0.3) is 0 Å². The standard InChI is InChI=1S/C12H12N2OS/c1-2-8-14-11(15)9-16-12(14)13-10-6-4-3-5-7-10/h2-7H,1,8-9H2. The van der Waals surface area contributed by atoms with Gasteiger partial charge < -0.3 is 0 Å². The van der Waals surface area contributed by atoms with Crippen LogP contribution in [0.3, 0.4) is 0 Å². The molecule has 1 aliphatic rings. The maximum atomic E-state index is 11.5. The van der Waals surface area contributed by atoms with Crippen molar-refractivity contribution >= 4 is 28.5 Å². The number of hydrogen-bond acceptors (Lipinski definition) is 3. The first-order valence-electron chi connectivity index (χ1n) is 4.99. The van der Waals surface area contributed by atoms with Gasteiger partial charge in [-0.25, -0.2) is 4.99 Å². The summed E-state index contributed by atoms with van der Waals surface area (Å²) < 4.78 is 0. The Morgan fingerprint density at radius 1 is 1.44 bits per heavy atom. The number of carbonyl (C=O) groups is 1. The molecule has 1 fully saturated rings. The number of para-hydroxylation sites is 1. The Morgan fingerprint density at radius 2 is 2.19 bits per heavy atom. The molecule has 16 heavy (non-hydrogen) atoms. The molecule has 0 unspecified atom stereocenters. The molecule has 1 saturated heterocycles. The fourth-order valence-corrected chi connectivity index (χ4v) is 2.31. The zero-order valence-electron chi connectivity index (χ0n) is 8.80. The van der Waals surface area contributed by atoms with Gasteiger partial charge in [0.15, 0.2) is 5.17 Å². The molecule has 1 aromatic carbocycles. The van der Waals surface area contributed by atoms with Gasteiger partial charge in [0.1, 0.15) is 0 Å². The Labute approximate surface area is 98.9 Å². The van der Waals surface area contributed by atoms with Crippen LogP contribution in [0.2, 0.25) is 0 Å². The van der Waals surface area contributed by atoms with Gasteiger partial charge in [0.05, 0.1) is 11.4 Å². The Bertz CT molecular complexity index is 428. The quantitative estimate of drug-likeness (QED) is 0.750. The molecule has 0 aromatic heterocycles. The van der Waals surface area contributed by atoms with Crippen LogP contribution in [0.1, 0.15) is 0 Å². The fourth-order valence-electron chi connectivity index (χ4n) is 1.40. The summed E-state index contributed by atoms with van der Waals surface area (Å²) in [6.07, 6.45) is 1.71. The lowest BCUT2D eigenvalue weighted by molar-refractivity contribution is -0.123. The molecule has 0 N–H and O–H groups in total. The number of hydrogen-bond donors (Lipinski definition) is 0. The highest BCUT2D eigenvalue weighted by molar-refractivity contribution is 8.15. The summed E-state index contributed by atoms with van der Waals surface area (Å²) in [6.45, 7) is 4.17. The third kappa shape index (κ3) is 2.33. The molecule has 1 aromatic rings. The Kier molecular flexibility index (Phi) is 3.41. The van der Waals surface area contributed by atoms with Crippen LogP contribution in [0.4, 0.5) is 5.69 Å². The number of rotatable bonds is 3. The van der Waals surface area contributed by atoms with Crippen molar-refractivity contribution in [3.63, 3.8) is 0 Å². The highest BCUT2D eigenvalue weighted by Gasteiger charge is 2.26. The minimum Gasteiger partial charge on any atom is -0.287 e. The SMILES string of the molecule is C=CCN1C(=O)CSC1=Nc1ccccc1. The van der Waals surface area contributed by atoms with Crippen LogP contribution in [0.5, 0.6) is 0 Å². The average molecular weight is 232 g/mol. The minimum absolute atomic E-state index is 0.0968. The number of thioether (sulfide) groups is 1. The van der Waals surface area contributed by atoms with E-state index in [9.17, 15) is 4.79 Å². The number of benzene rings is 1. The predicted octanol–water partition coefficient (Wildman–Crippen LogP) is 2.44. The molecule has 0 saturated carbocycles. The van der Waals surface area contributed by atoms with Crippen LogP contribution in [-0.4, -0.2) is 28.3 Å². The van der Waals surface area contributed by atoms with Crippen LogP contribution in [0.25, 0.3) is 0 Å². The van der Waals surface area contributed by atoms with E-state index >= 15 is 0 Å². The summed E-state index contributed by atoms with van der Waals surface area (Å²) in [4.78, 5) is 17.6. The molecule has 4 heteroatoms. The Hall–Kier alpha value is -1.55. The zero-order valence-corrected chi connectivity index (χ0v) is 9.61. The fraction of sp³-hybridized carbons (Fsp3) is 0.167. The molecule has 1 heterocycles. The largest absolute Gasteiger partial charge is 0.287 e. The molecule has 0 aliphatic carbocycles. The maximum absolute atomic E-state index is 11.5. The van der Waals surface area contributed by atoms with E-state index in [1.807, 2.05) is 30.3 Å². The smallest absolute Gasteiger partial charge is 0.239 e. The summed E-state index contributed by atoms with van der Waals surface area (Å²) in [5.74, 6) is 0.569. The van der Waals surface area contributed by atoms with E-state index in [1.165, 1.54) is 11.8 Å². The molecule has 1 amide bonds. The van der Waals surface area contributed by atoms with Crippen LogP contribution in [0.15, 0.2) is 48.0 Å². The molecule has 1 aliphatic heterocycles. The van der Waals surface area contributed by atoms with Crippen molar-refractivity contribution < 1.29 is 4.79 Å². The first kappa shape index (κ1) is 11.0. The molecular weight excluding hydrogens is 220 g/mol. The van der Waals surface area contributed by atoms with Crippen LogP contribution in [0, 0.1) is 0 Å². The van der Waals surface area contributed by atoms with Gasteiger partial charge in [-0.2, -0.15) is 0 Å². The zero-order chi connectivity index (χ0) is 11.4. The number of amidine groups is 1. The van der Waals surface area contributed by atoms with E-state index in [-0.39, 0.29) is 5.91 Å². The molecule has 82 valence electrons. The second-order valence-electron chi connectivity index (χ2n) is 3.31. The lowest BCUT2D eigenvalue weighted by Crippen LogP contribution is -2.29. The van der Waals surface area contributed by atoms with E-state index in [0.29, 0.717) is 12.3 Å². The lowest BCUT2D eigenvalue weighted by atomic mass is 10.3. The maximum Gasteiger partial charge on any atom is 0.239 e. The van der Waals surface area contributed by atoms with E-state index in [0.717, 1.165) is 10.9 Å². The molecule has 0 bridgehead atoms. The van der Waals surface area contributed by atoms with Gasteiger partial charge in [-0.1, -0.05) is 36.0 Å². The highest BCUT2D eigenvalue weighted by atomic mass is 32.2. The van der Waals surface area contributed by atoms with Gasteiger partial charge in [-0.15, -0.1) is 6.58 Å². The minimum atomic E-state index is 0.0968. The van der Waals surface area contributed by atoms with E-state index in [1.54, 1.807) is 11.0 Å². The lowest BCUT2D eigenvalue weighted by Gasteiger charge is -2.12. The topological polar surface area (TPSA) is 32.7 Å². The number of nitrogens with zero attached hydrogens (tertiary/aromatic N) is 2. The van der Waals surface area contributed by atoms with Crippen molar-refractivity contribution in [2.24, 2.45) is 4.99 Å². The monoisotopic (exact) mass is 232 g/mol. The predicted molar refractivity (Wildman–Crippen MR) is 67.9 cm³/mol. The molecule has 0 radical (unpaired) electrons. The van der Waals surface area contributed by atoms with Gasteiger partial charge >= 0.3 is 0 Å². The molecular formula is C12H12N2OS. The number of carbonyl (C=O) groups excluding carboxylic acids is 1. The first-order valence-corrected chi connectivity index (χ1v) is 5.97. The highest BCUT2D eigenvalue weighted by Crippen LogP contribution is 2.23. The van der Waals surface area contributed by atoms with Gasteiger partial charge in [-0.05, 0) is 12.1 Å². The normalized spacial score (nSPS) is 18.1. The Balaban J connectivity index is 2.23. The third-order valence-electron chi connectivity index (χ3n) is 2.15. The molecule has 0 spiro atoms. The van der Waals surface area contributed by atoms with Gasteiger partial charge in [0.2, 0.25) is 5.91 Å². The van der Waals surface area contributed by atoms with E-state index in [4.69, 9.17) is 0 Å². The Morgan fingerprint density at radius 3 is 2.88 bits per heavy atom. The average Bonchev–Trinajstić information content (AvgIpc) is 2.64. The van der Waals surface area contributed by atoms with Crippen LogP contribution < -0.4 is 0 Å². The number of aliphatic imine (C=N–C) groups is 1.